The second kappa shape index (κ2) is 5.39. The second-order valence-corrected chi connectivity index (χ2v) is 3.86. The van der Waals surface area contributed by atoms with Crippen molar-refractivity contribution >= 4 is 5.97 Å². The molecule has 0 spiro atoms. The zero-order chi connectivity index (χ0) is 13.8. The van der Waals surface area contributed by atoms with Gasteiger partial charge in [0, 0.05) is 12.3 Å². The molecule has 0 saturated heterocycles. The summed E-state index contributed by atoms with van der Waals surface area (Å²) in [6.07, 6.45) is 1.64. The van der Waals surface area contributed by atoms with E-state index in [9.17, 15) is 4.79 Å². The van der Waals surface area contributed by atoms with Crippen LogP contribution in [0, 0.1) is 6.92 Å². The van der Waals surface area contributed by atoms with Gasteiger partial charge in [-0.05, 0) is 31.2 Å². The minimum Gasteiger partial charge on any atom is -0.497 e. The normalized spacial score (nSPS) is 10.0. The van der Waals surface area contributed by atoms with Gasteiger partial charge < -0.3 is 14.6 Å². The summed E-state index contributed by atoms with van der Waals surface area (Å²) in [4.78, 5) is 15.2. The Kier molecular flexibility index (Phi) is 3.66. The van der Waals surface area contributed by atoms with Crippen molar-refractivity contribution in [2.45, 2.75) is 6.92 Å². The van der Waals surface area contributed by atoms with Crippen LogP contribution >= 0.6 is 0 Å². The van der Waals surface area contributed by atoms with Gasteiger partial charge in [0.2, 0.25) is 0 Å². The molecule has 0 aliphatic heterocycles. The number of carbonyl (C=O) groups is 1. The van der Waals surface area contributed by atoms with E-state index in [0.29, 0.717) is 17.2 Å². The van der Waals surface area contributed by atoms with Gasteiger partial charge in [0.05, 0.1) is 12.8 Å². The van der Waals surface area contributed by atoms with Gasteiger partial charge in [-0.15, -0.1) is 0 Å². The molecule has 0 atom stereocenters. The summed E-state index contributed by atoms with van der Waals surface area (Å²) in [5.41, 5.74) is 0.755. The molecule has 2 aromatic rings. The van der Waals surface area contributed by atoms with E-state index >= 15 is 0 Å². The lowest BCUT2D eigenvalue weighted by atomic mass is 10.2. The smallest absolute Gasteiger partial charge is 0.339 e. The molecule has 2 rings (SSSR count). The molecule has 0 radical (unpaired) electrons. The molecule has 1 heterocycles. The average molecular weight is 259 g/mol. The first-order valence-corrected chi connectivity index (χ1v) is 5.62. The summed E-state index contributed by atoms with van der Waals surface area (Å²) in [5.74, 6) is 0.210. The molecule has 0 saturated carbocycles. The van der Waals surface area contributed by atoms with Gasteiger partial charge in [-0.25, -0.2) is 4.79 Å². The van der Waals surface area contributed by atoms with Crippen molar-refractivity contribution in [3.63, 3.8) is 0 Å². The Hall–Kier alpha value is -2.56. The van der Waals surface area contributed by atoms with Crippen LogP contribution in [0.1, 0.15) is 16.1 Å². The van der Waals surface area contributed by atoms with Gasteiger partial charge in [0.25, 0.3) is 0 Å². The molecule has 0 aliphatic rings. The van der Waals surface area contributed by atoms with Crippen LogP contribution in [0.15, 0.2) is 36.5 Å². The van der Waals surface area contributed by atoms with Gasteiger partial charge in [-0.2, -0.15) is 0 Å². The maximum absolute atomic E-state index is 11.2. The Balaban J connectivity index is 2.43. The van der Waals surface area contributed by atoms with Gasteiger partial charge in [-0.3, -0.25) is 4.98 Å². The van der Waals surface area contributed by atoms with E-state index in [0.717, 1.165) is 0 Å². The quantitative estimate of drug-likeness (QED) is 0.914. The van der Waals surface area contributed by atoms with E-state index in [4.69, 9.17) is 14.6 Å². The third kappa shape index (κ3) is 2.82. The fourth-order valence-corrected chi connectivity index (χ4v) is 1.59. The maximum atomic E-state index is 11.2. The molecule has 0 fully saturated rings. The Morgan fingerprint density at radius 3 is 2.68 bits per heavy atom. The third-order valence-electron chi connectivity index (χ3n) is 2.60. The van der Waals surface area contributed by atoms with E-state index in [1.165, 1.54) is 19.2 Å². The van der Waals surface area contributed by atoms with Crippen molar-refractivity contribution in [3.05, 3.63) is 47.8 Å². The first kappa shape index (κ1) is 12.9. The molecule has 0 bridgehead atoms. The lowest BCUT2D eigenvalue weighted by molar-refractivity contribution is 0.0694. The number of hydrogen-bond acceptors (Lipinski definition) is 4. The number of rotatable bonds is 4. The Morgan fingerprint density at radius 1 is 1.26 bits per heavy atom. The zero-order valence-corrected chi connectivity index (χ0v) is 10.6. The van der Waals surface area contributed by atoms with Crippen molar-refractivity contribution in [2.24, 2.45) is 0 Å². The number of aryl methyl sites for hydroxylation is 1. The topological polar surface area (TPSA) is 68.7 Å². The number of aromatic nitrogens is 1. The molecule has 98 valence electrons. The number of carboxylic acid groups (broad SMARTS) is 1. The summed E-state index contributed by atoms with van der Waals surface area (Å²) in [6.45, 7) is 1.79. The predicted molar refractivity (Wildman–Crippen MR) is 69.0 cm³/mol. The molecule has 1 aromatic carbocycles. The first-order chi connectivity index (χ1) is 9.11. The number of hydrogen-bond donors (Lipinski definition) is 1. The number of ether oxygens (including phenoxy) is 2. The van der Waals surface area contributed by atoms with E-state index in [1.807, 2.05) is 0 Å². The van der Waals surface area contributed by atoms with Crippen LogP contribution in [-0.4, -0.2) is 23.2 Å². The molecular formula is C14H13NO4. The summed E-state index contributed by atoms with van der Waals surface area (Å²) >= 11 is 0. The van der Waals surface area contributed by atoms with Crippen molar-refractivity contribution in [1.82, 2.24) is 4.98 Å². The van der Waals surface area contributed by atoms with Crippen molar-refractivity contribution in [2.75, 3.05) is 7.11 Å². The van der Waals surface area contributed by atoms with E-state index in [2.05, 4.69) is 4.98 Å². The van der Waals surface area contributed by atoms with E-state index in [-0.39, 0.29) is 11.3 Å². The van der Waals surface area contributed by atoms with Crippen LogP contribution in [0.3, 0.4) is 0 Å². The number of methoxy groups -OCH3 is 1. The van der Waals surface area contributed by atoms with Gasteiger partial charge in [0.1, 0.15) is 22.8 Å². The predicted octanol–water partition coefficient (Wildman–Crippen LogP) is 2.89. The molecule has 0 amide bonds. The van der Waals surface area contributed by atoms with Gasteiger partial charge >= 0.3 is 5.97 Å². The SMILES string of the molecule is COc1ccc(C(=O)O)c(Oc2cccnc2C)c1. The highest BCUT2D eigenvalue weighted by Gasteiger charge is 2.14. The van der Waals surface area contributed by atoms with Crippen molar-refractivity contribution < 1.29 is 19.4 Å². The highest BCUT2D eigenvalue weighted by atomic mass is 16.5. The molecule has 0 unspecified atom stereocenters. The minimum absolute atomic E-state index is 0.0732. The van der Waals surface area contributed by atoms with E-state index < -0.39 is 5.97 Å². The van der Waals surface area contributed by atoms with E-state index in [1.54, 1.807) is 31.3 Å². The molecule has 0 aliphatic carbocycles. The lowest BCUT2D eigenvalue weighted by Crippen LogP contribution is -2.01. The maximum Gasteiger partial charge on any atom is 0.339 e. The van der Waals surface area contributed by atoms with Crippen molar-refractivity contribution in [3.8, 4) is 17.2 Å². The number of carboxylic acids is 1. The fourth-order valence-electron chi connectivity index (χ4n) is 1.59. The monoisotopic (exact) mass is 259 g/mol. The van der Waals surface area contributed by atoms with Crippen LogP contribution in [0.4, 0.5) is 0 Å². The zero-order valence-electron chi connectivity index (χ0n) is 10.6. The summed E-state index contributed by atoms with van der Waals surface area (Å²) in [5, 5.41) is 9.14. The number of nitrogens with zero attached hydrogens (tertiary/aromatic N) is 1. The van der Waals surface area contributed by atoms with Crippen LogP contribution in [0.5, 0.6) is 17.2 Å². The lowest BCUT2D eigenvalue weighted by Gasteiger charge is -2.11. The van der Waals surface area contributed by atoms with Crippen molar-refractivity contribution in [1.29, 1.82) is 0 Å². The Bertz CT molecular complexity index is 610. The van der Waals surface area contributed by atoms with Crippen LogP contribution < -0.4 is 9.47 Å². The summed E-state index contributed by atoms with van der Waals surface area (Å²) in [7, 11) is 1.51. The van der Waals surface area contributed by atoms with Gasteiger partial charge in [-0.1, -0.05) is 0 Å². The Labute approximate surface area is 110 Å². The largest absolute Gasteiger partial charge is 0.497 e. The minimum atomic E-state index is -1.06. The fraction of sp³-hybridized carbons (Fsp3) is 0.143. The van der Waals surface area contributed by atoms with Crippen LogP contribution in [0.25, 0.3) is 0 Å². The second-order valence-electron chi connectivity index (χ2n) is 3.86. The molecule has 5 nitrogen and oxygen atoms in total. The highest BCUT2D eigenvalue weighted by molar-refractivity contribution is 5.91. The highest BCUT2D eigenvalue weighted by Crippen LogP contribution is 2.30. The van der Waals surface area contributed by atoms with Crippen LogP contribution in [0.2, 0.25) is 0 Å². The standard InChI is InChI=1S/C14H13NO4/c1-9-12(4-3-7-15-9)19-13-8-10(18-2)5-6-11(13)14(16)17/h3-8H,1-2H3,(H,16,17). The third-order valence-corrected chi connectivity index (χ3v) is 2.60. The number of benzene rings is 1. The summed E-state index contributed by atoms with van der Waals surface area (Å²) in [6, 6.07) is 8.01. The molecule has 1 N–H and O–H groups in total. The summed E-state index contributed by atoms with van der Waals surface area (Å²) < 4.78 is 10.7. The molecule has 19 heavy (non-hydrogen) atoms. The average Bonchev–Trinajstić information content (AvgIpc) is 2.41. The first-order valence-electron chi connectivity index (χ1n) is 5.62. The van der Waals surface area contributed by atoms with Crippen LogP contribution in [-0.2, 0) is 0 Å². The molecule has 5 heteroatoms. The number of pyridine rings is 1. The van der Waals surface area contributed by atoms with Gasteiger partial charge in [0.15, 0.2) is 0 Å². The number of aromatic carboxylic acids is 1. The Morgan fingerprint density at radius 2 is 2.05 bits per heavy atom. The molecule has 1 aromatic heterocycles. The molecular weight excluding hydrogens is 246 g/mol.